The van der Waals surface area contributed by atoms with Gasteiger partial charge in [-0.1, -0.05) is 11.6 Å². The highest BCUT2D eigenvalue weighted by molar-refractivity contribution is 14.2. The van der Waals surface area contributed by atoms with Crippen molar-refractivity contribution >= 4 is 35.9 Å². The molecule has 0 saturated heterocycles. The summed E-state index contributed by atoms with van der Waals surface area (Å²) in [5, 5.41) is 0. The van der Waals surface area contributed by atoms with E-state index in [0.717, 1.165) is 24.8 Å². The molecule has 0 amide bonds. The van der Waals surface area contributed by atoms with Gasteiger partial charge in [0.2, 0.25) is 0 Å². The lowest BCUT2D eigenvalue weighted by atomic mass is 9.84. The highest BCUT2D eigenvalue weighted by Gasteiger charge is 2.57. The summed E-state index contributed by atoms with van der Waals surface area (Å²) >= 11 is 2.29. The maximum atomic E-state index is 12.2. The van der Waals surface area contributed by atoms with E-state index in [1.54, 1.807) is 8.93 Å². The summed E-state index contributed by atoms with van der Waals surface area (Å²) in [6, 6.07) is 0. The molecular formula is C14H15IO2S. The topological polar surface area (TPSA) is 26.3 Å². The van der Waals surface area contributed by atoms with Crippen molar-refractivity contribution in [3.05, 3.63) is 23.3 Å². The van der Waals surface area contributed by atoms with Crippen LogP contribution < -0.4 is 0 Å². The fraction of sp³-hybridized carbons (Fsp3) is 0.643. The Labute approximate surface area is 123 Å². The lowest BCUT2D eigenvalue weighted by Gasteiger charge is -2.33. The zero-order valence-corrected chi connectivity index (χ0v) is 13.1. The molecule has 0 radical (unpaired) electrons. The van der Waals surface area contributed by atoms with Crippen molar-refractivity contribution in [3.63, 3.8) is 0 Å². The van der Waals surface area contributed by atoms with Gasteiger partial charge in [0.1, 0.15) is 0 Å². The number of hydrogen-bond acceptors (Lipinski definition) is 3. The van der Waals surface area contributed by atoms with Crippen molar-refractivity contribution in [2.45, 2.75) is 49.1 Å². The second-order valence-electron chi connectivity index (χ2n) is 5.83. The Kier molecular flexibility index (Phi) is 2.56. The van der Waals surface area contributed by atoms with E-state index < -0.39 is 4.93 Å². The number of fused-ring (bicyclic) bond motifs is 2. The molecule has 1 saturated carbocycles. The molecule has 2 bridgehead atoms. The first kappa shape index (κ1) is 12.0. The molecule has 0 aromatic carbocycles. The van der Waals surface area contributed by atoms with Crippen molar-refractivity contribution < 1.29 is 9.53 Å². The van der Waals surface area contributed by atoms with Crippen LogP contribution in [0.1, 0.15) is 38.5 Å². The number of Topliss-reactive ketones (excluding diaryl/α,β-unsaturated/α-hetero) is 1. The first-order chi connectivity index (χ1) is 8.69. The van der Waals surface area contributed by atoms with Gasteiger partial charge in [-0.15, -0.1) is 0 Å². The number of allylic oxidation sites excluding steroid dienone is 1. The van der Waals surface area contributed by atoms with Crippen molar-refractivity contribution in [1.29, 1.82) is 0 Å². The van der Waals surface area contributed by atoms with Crippen molar-refractivity contribution in [2.75, 3.05) is 0 Å². The van der Waals surface area contributed by atoms with Gasteiger partial charge in [0.25, 0.3) is 0 Å². The molecule has 4 heteroatoms. The van der Waals surface area contributed by atoms with E-state index in [1.165, 1.54) is 18.4 Å². The SMILES string of the molecule is O=C1CCC2=C1[C@@]1(SI)C=C[C@]3(CCCC3C2)O1. The lowest BCUT2D eigenvalue weighted by molar-refractivity contribution is -0.117. The molecule has 0 aromatic rings. The highest BCUT2D eigenvalue weighted by Crippen LogP contribution is 2.60. The smallest absolute Gasteiger partial charge is 0.172 e. The number of halogens is 1. The van der Waals surface area contributed by atoms with Gasteiger partial charge in [0, 0.05) is 12.0 Å². The van der Waals surface area contributed by atoms with Gasteiger partial charge in [-0.2, -0.15) is 0 Å². The van der Waals surface area contributed by atoms with E-state index in [9.17, 15) is 4.79 Å². The Hall–Kier alpha value is 0.190. The second kappa shape index (κ2) is 3.85. The summed E-state index contributed by atoms with van der Waals surface area (Å²) in [7, 11) is 1.65. The molecule has 4 aliphatic rings. The summed E-state index contributed by atoms with van der Waals surface area (Å²) in [5.74, 6) is 0.911. The van der Waals surface area contributed by atoms with Gasteiger partial charge < -0.3 is 4.74 Å². The minimum atomic E-state index is -0.470. The number of rotatable bonds is 1. The molecule has 0 aromatic heterocycles. The number of ketones is 1. The van der Waals surface area contributed by atoms with Crippen LogP contribution in [0.2, 0.25) is 0 Å². The molecule has 2 nitrogen and oxygen atoms in total. The molecule has 2 heterocycles. The van der Waals surface area contributed by atoms with Gasteiger partial charge in [0.05, 0.1) is 5.60 Å². The average Bonchev–Trinajstić information content (AvgIpc) is 3.00. The van der Waals surface area contributed by atoms with Crippen LogP contribution in [0.15, 0.2) is 23.3 Å². The van der Waals surface area contributed by atoms with Crippen LogP contribution in [-0.2, 0) is 9.53 Å². The molecule has 96 valence electrons. The monoisotopic (exact) mass is 374 g/mol. The van der Waals surface area contributed by atoms with E-state index in [2.05, 4.69) is 33.4 Å². The zero-order chi connectivity index (χ0) is 12.4. The van der Waals surface area contributed by atoms with E-state index in [1.807, 2.05) is 0 Å². The summed E-state index contributed by atoms with van der Waals surface area (Å²) < 4.78 is 6.52. The van der Waals surface area contributed by atoms with Gasteiger partial charge in [-0.05, 0) is 74.2 Å². The average molecular weight is 374 g/mol. The minimum Gasteiger partial charge on any atom is -0.345 e. The highest BCUT2D eigenvalue weighted by atomic mass is 127. The van der Waals surface area contributed by atoms with Crippen LogP contribution in [0.5, 0.6) is 0 Å². The van der Waals surface area contributed by atoms with Crippen molar-refractivity contribution in [2.24, 2.45) is 5.92 Å². The van der Waals surface area contributed by atoms with Crippen LogP contribution >= 0.6 is 30.1 Å². The molecule has 18 heavy (non-hydrogen) atoms. The molecule has 2 aliphatic heterocycles. The third kappa shape index (κ3) is 1.37. The Morgan fingerprint density at radius 1 is 1.39 bits per heavy atom. The predicted octanol–water partition coefficient (Wildman–Crippen LogP) is 3.95. The predicted molar refractivity (Wildman–Crippen MR) is 80.5 cm³/mol. The van der Waals surface area contributed by atoms with Crippen molar-refractivity contribution in [1.82, 2.24) is 0 Å². The quantitative estimate of drug-likeness (QED) is 0.514. The van der Waals surface area contributed by atoms with E-state index in [4.69, 9.17) is 4.74 Å². The van der Waals surface area contributed by atoms with Crippen LogP contribution in [0, 0.1) is 5.92 Å². The Morgan fingerprint density at radius 3 is 3.11 bits per heavy atom. The number of ether oxygens (including phenoxy) is 1. The largest absolute Gasteiger partial charge is 0.345 e. The molecule has 3 atom stereocenters. The number of carbonyl (C=O) groups excluding carboxylic acids is 1. The van der Waals surface area contributed by atoms with Crippen molar-refractivity contribution in [3.8, 4) is 0 Å². The fourth-order valence-electron chi connectivity index (χ4n) is 4.17. The Morgan fingerprint density at radius 2 is 2.28 bits per heavy atom. The third-order valence-electron chi connectivity index (χ3n) is 4.98. The molecular weight excluding hydrogens is 359 g/mol. The Balaban J connectivity index is 1.89. The van der Waals surface area contributed by atoms with Crippen LogP contribution in [-0.4, -0.2) is 16.3 Å². The molecule has 1 unspecified atom stereocenters. The molecule has 0 N–H and O–H groups in total. The summed E-state index contributed by atoms with van der Waals surface area (Å²) in [4.78, 5) is 11.8. The number of carbonyl (C=O) groups is 1. The second-order valence-corrected chi connectivity index (χ2v) is 7.91. The standard InChI is InChI=1S/C14H15IO2S/c15-18-14-7-6-13(17-14)5-1-2-10(13)8-9-3-4-11(16)12(9)14/h6-7,10H,1-5,8H2/t10?,13-,14-/m0/s1. The van der Waals surface area contributed by atoms with E-state index in [0.29, 0.717) is 18.1 Å². The minimum absolute atomic E-state index is 0.0667. The van der Waals surface area contributed by atoms with Gasteiger partial charge in [-0.3, -0.25) is 4.79 Å². The van der Waals surface area contributed by atoms with E-state index >= 15 is 0 Å². The zero-order valence-electron chi connectivity index (χ0n) is 10.1. The molecule has 1 spiro atoms. The summed E-state index contributed by atoms with van der Waals surface area (Å²) in [6.07, 6.45) is 10.8. The Bertz CT molecular complexity index is 498. The molecule has 4 rings (SSSR count). The fourth-order valence-corrected chi connectivity index (χ4v) is 6.18. The number of hydrogen-bond donors (Lipinski definition) is 0. The maximum Gasteiger partial charge on any atom is 0.172 e. The summed E-state index contributed by atoms with van der Waals surface area (Å²) in [6.45, 7) is 0. The normalized spacial score (nSPS) is 45.4. The molecule has 1 fully saturated rings. The van der Waals surface area contributed by atoms with Crippen LogP contribution in [0.25, 0.3) is 0 Å². The lowest BCUT2D eigenvalue weighted by Crippen LogP contribution is -2.37. The third-order valence-corrected chi connectivity index (χ3v) is 7.60. The maximum absolute atomic E-state index is 12.2. The van der Waals surface area contributed by atoms with Gasteiger partial charge >= 0.3 is 0 Å². The first-order valence-electron chi connectivity index (χ1n) is 6.65. The van der Waals surface area contributed by atoms with Gasteiger partial charge in [0.15, 0.2) is 10.7 Å². The first-order valence-corrected chi connectivity index (χ1v) is 10.0. The van der Waals surface area contributed by atoms with Crippen LogP contribution in [0.4, 0.5) is 0 Å². The van der Waals surface area contributed by atoms with Gasteiger partial charge in [-0.25, -0.2) is 0 Å². The van der Waals surface area contributed by atoms with E-state index in [-0.39, 0.29) is 5.60 Å². The summed E-state index contributed by atoms with van der Waals surface area (Å²) in [5.41, 5.74) is 2.31. The van der Waals surface area contributed by atoms with Crippen LogP contribution in [0.3, 0.4) is 0 Å². The molecule has 2 aliphatic carbocycles.